The lowest BCUT2D eigenvalue weighted by atomic mass is 10.1. The third kappa shape index (κ3) is 10.9. The number of benzene rings is 1. The van der Waals surface area contributed by atoms with Crippen molar-refractivity contribution in [1.82, 2.24) is 15.1 Å². The first-order valence-corrected chi connectivity index (χ1v) is 9.26. The Bertz CT molecular complexity index is 491. The maximum Gasteiger partial charge on any atom is 0.193 e. The number of methoxy groups -OCH3 is 1. The molecule has 0 aromatic heterocycles. The molecule has 0 atom stereocenters. The molecule has 0 spiro atoms. The van der Waals surface area contributed by atoms with Crippen molar-refractivity contribution in [3.8, 4) is 5.75 Å². The largest absolute Gasteiger partial charge is 0.497 e. The Morgan fingerprint density at radius 1 is 1.00 bits per heavy atom. The van der Waals surface area contributed by atoms with Gasteiger partial charge in [-0.1, -0.05) is 31.4 Å². The minimum atomic E-state index is 0. The number of nitrogens with zero attached hydrogens (tertiary/aromatic N) is 3. The van der Waals surface area contributed by atoms with Crippen LogP contribution < -0.4 is 10.1 Å². The molecule has 0 radical (unpaired) electrons. The van der Waals surface area contributed by atoms with E-state index >= 15 is 0 Å². The van der Waals surface area contributed by atoms with Crippen LogP contribution in [0, 0.1) is 0 Å². The van der Waals surface area contributed by atoms with Gasteiger partial charge in [0.1, 0.15) is 5.75 Å². The summed E-state index contributed by atoms with van der Waals surface area (Å²) in [7, 11) is 9.88. The van der Waals surface area contributed by atoms with Crippen LogP contribution in [0.15, 0.2) is 29.3 Å². The highest BCUT2D eigenvalue weighted by Crippen LogP contribution is 2.12. The van der Waals surface area contributed by atoms with Crippen LogP contribution >= 0.6 is 24.0 Å². The van der Waals surface area contributed by atoms with Crippen LogP contribution in [0.2, 0.25) is 0 Å². The number of halogens is 1. The first kappa shape index (κ1) is 25.0. The van der Waals surface area contributed by atoms with Crippen LogP contribution in [0.3, 0.4) is 0 Å². The Morgan fingerprint density at radius 3 is 2.19 bits per heavy atom. The van der Waals surface area contributed by atoms with Crippen molar-refractivity contribution in [1.29, 1.82) is 0 Å². The van der Waals surface area contributed by atoms with Gasteiger partial charge < -0.3 is 19.9 Å². The molecule has 1 aromatic carbocycles. The number of aliphatic imine (C=N–C) groups is 1. The molecular weight excluding hydrogens is 439 g/mol. The zero-order valence-corrected chi connectivity index (χ0v) is 19.5. The second kappa shape index (κ2) is 15.1. The van der Waals surface area contributed by atoms with Crippen LogP contribution in [-0.4, -0.2) is 64.1 Å². The van der Waals surface area contributed by atoms with E-state index in [9.17, 15) is 0 Å². The van der Waals surface area contributed by atoms with Gasteiger partial charge in [0.05, 0.1) is 7.11 Å². The van der Waals surface area contributed by atoms with Crippen molar-refractivity contribution >= 4 is 29.9 Å². The molecule has 0 aliphatic heterocycles. The van der Waals surface area contributed by atoms with Crippen LogP contribution in [0.1, 0.15) is 37.7 Å². The molecule has 0 aliphatic carbocycles. The first-order chi connectivity index (χ1) is 12.1. The molecule has 5 nitrogen and oxygen atoms in total. The molecule has 0 heterocycles. The lowest BCUT2D eigenvalue weighted by Crippen LogP contribution is -2.38. The van der Waals surface area contributed by atoms with Gasteiger partial charge in [-0.05, 0) is 51.2 Å². The average molecular weight is 476 g/mol. The van der Waals surface area contributed by atoms with Gasteiger partial charge in [0.15, 0.2) is 5.96 Å². The Morgan fingerprint density at radius 2 is 1.62 bits per heavy atom. The number of guanidine groups is 1. The molecular formula is C20H37IN4O. The van der Waals surface area contributed by atoms with Crippen LogP contribution in [-0.2, 0) is 6.54 Å². The summed E-state index contributed by atoms with van der Waals surface area (Å²) in [5, 5.41) is 3.46. The van der Waals surface area contributed by atoms with E-state index in [1.165, 1.54) is 44.2 Å². The van der Waals surface area contributed by atoms with E-state index in [2.05, 4.69) is 53.4 Å². The molecule has 6 heteroatoms. The summed E-state index contributed by atoms with van der Waals surface area (Å²) in [6.45, 7) is 3.00. The minimum Gasteiger partial charge on any atom is -0.497 e. The van der Waals surface area contributed by atoms with Crippen molar-refractivity contribution in [3.05, 3.63) is 29.8 Å². The molecule has 26 heavy (non-hydrogen) atoms. The summed E-state index contributed by atoms with van der Waals surface area (Å²) in [6, 6.07) is 8.18. The second-order valence-electron chi connectivity index (χ2n) is 6.75. The Labute approximate surface area is 177 Å². The van der Waals surface area contributed by atoms with E-state index in [0.29, 0.717) is 0 Å². The minimum absolute atomic E-state index is 0. The third-order valence-corrected chi connectivity index (χ3v) is 4.22. The maximum atomic E-state index is 5.20. The predicted molar refractivity (Wildman–Crippen MR) is 123 cm³/mol. The SMILES string of the molecule is CN=C(NCCCCCCCN(C)C)N(C)Cc1ccc(OC)cc1.I. The highest BCUT2D eigenvalue weighted by atomic mass is 127. The van der Waals surface area contributed by atoms with E-state index in [4.69, 9.17) is 4.74 Å². The number of ether oxygens (including phenoxy) is 1. The molecule has 1 rings (SSSR count). The predicted octanol–water partition coefficient (Wildman–Crippen LogP) is 3.83. The lowest BCUT2D eigenvalue weighted by molar-refractivity contribution is 0.389. The fourth-order valence-corrected chi connectivity index (χ4v) is 2.75. The van der Waals surface area contributed by atoms with Crippen molar-refractivity contribution in [2.24, 2.45) is 4.99 Å². The first-order valence-electron chi connectivity index (χ1n) is 9.26. The summed E-state index contributed by atoms with van der Waals surface area (Å²) >= 11 is 0. The van der Waals surface area contributed by atoms with Gasteiger partial charge in [-0.25, -0.2) is 0 Å². The highest BCUT2D eigenvalue weighted by molar-refractivity contribution is 14.0. The van der Waals surface area contributed by atoms with E-state index in [1.807, 2.05) is 19.2 Å². The van der Waals surface area contributed by atoms with E-state index in [-0.39, 0.29) is 24.0 Å². The van der Waals surface area contributed by atoms with E-state index in [1.54, 1.807) is 7.11 Å². The Kier molecular flexibility index (Phi) is 14.5. The number of hydrogen-bond acceptors (Lipinski definition) is 3. The number of rotatable bonds is 11. The van der Waals surface area contributed by atoms with Gasteiger partial charge >= 0.3 is 0 Å². The summed E-state index contributed by atoms with van der Waals surface area (Å²) in [5.41, 5.74) is 1.24. The van der Waals surface area contributed by atoms with E-state index in [0.717, 1.165) is 24.8 Å². The number of nitrogens with one attached hydrogen (secondary N) is 1. The summed E-state index contributed by atoms with van der Waals surface area (Å²) in [5.74, 6) is 1.84. The quantitative estimate of drug-likeness (QED) is 0.228. The molecule has 0 unspecified atom stereocenters. The average Bonchev–Trinajstić information content (AvgIpc) is 2.60. The Balaban J connectivity index is 0.00000625. The van der Waals surface area contributed by atoms with Crippen LogP contribution in [0.5, 0.6) is 5.75 Å². The van der Waals surface area contributed by atoms with Crippen LogP contribution in [0.4, 0.5) is 0 Å². The molecule has 150 valence electrons. The molecule has 0 saturated heterocycles. The summed E-state index contributed by atoms with van der Waals surface area (Å²) in [4.78, 5) is 8.79. The van der Waals surface area contributed by atoms with Gasteiger partial charge in [0.25, 0.3) is 0 Å². The molecule has 0 bridgehead atoms. The van der Waals surface area contributed by atoms with Crippen molar-refractivity contribution < 1.29 is 4.74 Å². The fourth-order valence-electron chi connectivity index (χ4n) is 2.75. The smallest absolute Gasteiger partial charge is 0.193 e. The number of unbranched alkanes of at least 4 members (excludes halogenated alkanes) is 4. The molecule has 1 aromatic rings. The van der Waals surface area contributed by atoms with Crippen molar-refractivity contribution in [2.45, 2.75) is 38.6 Å². The normalized spacial score (nSPS) is 11.2. The molecule has 0 saturated carbocycles. The van der Waals surface area contributed by atoms with Gasteiger partial charge in [-0.3, -0.25) is 4.99 Å². The third-order valence-electron chi connectivity index (χ3n) is 4.22. The standard InChI is InChI=1S/C20H36N4O.HI/c1-21-20(22-15-9-7-6-8-10-16-23(2)3)24(4)17-18-11-13-19(25-5)14-12-18;/h11-14H,6-10,15-17H2,1-5H3,(H,21,22);1H. The Hall–Kier alpha value is -1.02. The van der Waals surface area contributed by atoms with Gasteiger partial charge in [0, 0.05) is 27.2 Å². The van der Waals surface area contributed by atoms with Crippen molar-refractivity contribution in [3.63, 3.8) is 0 Å². The van der Waals surface area contributed by atoms with Crippen molar-refractivity contribution in [2.75, 3.05) is 48.4 Å². The second-order valence-corrected chi connectivity index (χ2v) is 6.75. The number of hydrogen-bond donors (Lipinski definition) is 1. The van der Waals surface area contributed by atoms with Gasteiger partial charge in [-0.15, -0.1) is 24.0 Å². The summed E-state index contributed by atoms with van der Waals surface area (Å²) < 4.78 is 5.20. The van der Waals surface area contributed by atoms with Gasteiger partial charge in [0.2, 0.25) is 0 Å². The topological polar surface area (TPSA) is 40.1 Å². The lowest BCUT2D eigenvalue weighted by Gasteiger charge is -2.22. The maximum absolute atomic E-state index is 5.20. The fraction of sp³-hybridized carbons (Fsp3) is 0.650. The van der Waals surface area contributed by atoms with Crippen LogP contribution in [0.25, 0.3) is 0 Å². The molecule has 0 fully saturated rings. The zero-order valence-electron chi connectivity index (χ0n) is 17.1. The molecule has 0 aliphatic rings. The molecule has 1 N–H and O–H groups in total. The molecule has 0 amide bonds. The highest BCUT2D eigenvalue weighted by Gasteiger charge is 2.06. The monoisotopic (exact) mass is 476 g/mol. The summed E-state index contributed by atoms with van der Waals surface area (Å²) in [6.07, 6.45) is 6.41. The zero-order chi connectivity index (χ0) is 18.5. The van der Waals surface area contributed by atoms with Gasteiger partial charge in [-0.2, -0.15) is 0 Å². The van der Waals surface area contributed by atoms with E-state index < -0.39 is 0 Å².